The van der Waals surface area contributed by atoms with Gasteiger partial charge in [-0.3, -0.25) is 9.59 Å². The molecule has 3 N–H and O–H groups in total. The molecule has 4 aromatic carbocycles. The fourth-order valence-electron chi connectivity index (χ4n) is 3.54. The zero-order valence-corrected chi connectivity index (χ0v) is 21.3. The Morgan fingerprint density at radius 1 is 0.811 bits per heavy atom. The quantitative estimate of drug-likeness (QED) is 0.212. The summed E-state index contributed by atoms with van der Waals surface area (Å²) in [6.45, 7) is 1.96. The molecule has 2 amide bonds. The molecule has 4 aromatic rings. The SMILES string of the molecule is Cc1ccc(C(=O)Nc2ccc(SC(C(=O)Nc3ccc(Cl)c(C(=O)O)c3)c3ccccc3)cc2)cc1. The number of thioether (sulfide) groups is 1. The van der Waals surface area contributed by atoms with E-state index in [4.69, 9.17) is 11.6 Å². The molecule has 1 unspecified atom stereocenters. The third kappa shape index (κ3) is 6.78. The number of amides is 2. The number of aromatic carboxylic acids is 1. The number of nitrogens with one attached hydrogen (secondary N) is 2. The van der Waals surface area contributed by atoms with Crippen molar-refractivity contribution in [2.24, 2.45) is 0 Å². The molecule has 1 atom stereocenters. The van der Waals surface area contributed by atoms with Gasteiger partial charge in [-0.2, -0.15) is 0 Å². The highest BCUT2D eigenvalue weighted by molar-refractivity contribution is 8.00. The maximum absolute atomic E-state index is 13.3. The summed E-state index contributed by atoms with van der Waals surface area (Å²) in [5.41, 5.74) is 3.31. The van der Waals surface area contributed by atoms with E-state index in [1.807, 2.05) is 61.5 Å². The Bertz CT molecular complexity index is 1420. The van der Waals surface area contributed by atoms with E-state index in [0.717, 1.165) is 16.0 Å². The first-order valence-electron chi connectivity index (χ1n) is 11.3. The second-order valence-electron chi connectivity index (χ2n) is 8.24. The summed E-state index contributed by atoms with van der Waals surface area (Å²) in [4.78, 5) is 38.1. The van der Waals surface area contributed by atoms with Gasteiger partial charge in [-0.25, -0.2) is 4.79 Å². The Balaban J connectivity index is 1.50. The third-order valence-corrected chi connectivity index (χ3v) is 7.08. The van der Waals surface area contributed by atoms with Crippen molar-refractivity contribution < 1.29 is 19.5 Å². The number of halogens is 1. The van der Waals surface area contributed by atoms with Crippen molar-refractivity contribution in [2.75, 3.05) is 10.6 Å². The topological polar surface area (TPSA) is 95.5 Å². The normalized spacial score (nSPS) is 11.4. The van der Waals surface area contributed by atoms with Crippen molar-refractivity contribution in [1.82, 2.24) is 0 Å². The van der Waals surface area contributed by atoms with Crippen LogP contribution in [0.25, 0.3) is 0 Å². The lowest BCUT2D eigenvalue weighted by Crippen LogP contribution is -2.19. The Labute approximate surface area is 223 Å². The van der Waals surface area contributed by atoms with E-state index >= 15 is 0 Å². The van der Waals surface area contributed by atoms with Gasteiger partial charge in [-0.05, 0) is 67.1 Å². The lowest BCUT2D eigenvalue weighted by molar-refractivity contribution is -0.115. The number of benzene rings is 4. The van der Waals surface area contributed by atoms with Crippen LogP contribution in [0.4, 0.5) is 11.4 Å². The zero-order chi connectivity index (χ0) is 26.4. The van der Waals surface area contributed by atoms with Gasteiger partial charge in [0, 0.05) is 21.8 Å². The Morgan fingerprint density at radius 3 is 2.11 bits per heavy atom. The lowest BCUT2D eigenvalue weighted by atomic mass is 10.1. The van der Waals surface area contributed by atoms with E-state index in [0.29, 0.717) is 16.9 Å². The number of anilines is 2. The average molecular weight is 531 g/mol. The van der Waals surface area contributed by atoms with Crippen molar-refractivity contribution in [3.05, 3.63) is 124 Å². The minimum absolute atomic E-state index is 0.0911. The van der Waals surface area contributed by atoms with E-state index in [1.54, 1.807) is 30.3 Å². The minimum atomic E-state index is -1.18. The molecule has 8 heteroatoms. The summed E-state index contributed by atoms with van der Waals surface area (Å²) in [7, 11) is 0. The number of carbonyl (C=O) groups is 3. The molecule has 0 heterocycles. The highest BCUT2D eigenvalue weighted by Gasteiger charge is 2.23. The van der Waals surface area contributed by atoms with Gasteiger partial charge < -0.3 is 15.7 Å². The predicted octanol–water partition coefficient (Wildman–Crippen LogP) is 7.07. The summed E-state index contributed by atoms with van der Waals surface area (Å²) in [6.07, 6.45) is 0. The smallest absolute Gasteiger partial charge is 0.337 e. The molecule has 37 heavy (non-hydrogen) atoms. The summed E-state index contributed by atoms with van der Waals surface area (Å²) in [6, 6.07) is 28.2. The van der Waals surface area contributed by atoms with Gasteiger partial charge in [0.05, 0.1) is 10.6 Å². The van der Waals surface area contributed by atoms with Crippen molar-refractivity contribution in [3.63, 3.8) is 0 Å². The number of carbonyl (C=O) groups excluding carboxylic acids is 2. The average Bonchev–Trinajstić information content (AvgIpc) is 2.90. The molecule has 0 aromatic heterocycles. The van der Waals surface area contributed by atoms with Gasteiger partial charge in [0.1, 0.15) is 5.25 Å². The van der Waals surface area contributed by atoms with E-state index in [2.05, 4.69) is 10.6 Å². The Hall–Kier alpha value is -4.07. The first-order chi connectivity index (χ1) is 17.8. The predicted molar refractivity (Wildman–Crippen MR) is 148 cm³/mol. The molecule has 0 aliphatic carbocycles. The summed E-state index contributed by atoms with van der Waals surface area (Å²) in [5.74, 6) is -1.69. The van der Waals surface area contributed by atoms with Crippen molar-refractivity contribution >= 4 is 52.5 Å². The fourth-order valence-corrected chi connectivity index (χ4v) is 4.76. The van der Waals surface area contributed by atoms with Crippen LogP contribution in [0.5, 0.6) is 0 Å². The molecule has 0 aliphatic heterocycles. The lowest BCUT2D eigenvalue weighted by Gasteiger charge is -2.18. The van der Waals surface area contributed by atoms with Gasteiger partial charge >= 0.3 is 5.97 Å². The van der Waals surface area contributed by atoms with E-state index in [-0.39, 0.29) is 22.4 Å². The van der Waals surface area contributed by atoms with Crippen LogP contribution in [0.15, 0.2) is 102 Å². The van der Waals surface area contributed by atoms with Crippen LogP contribution in [-0.4, -0.2) is 22.9 Å². The third-order valence-electron chi connectivity index (χ3n) is 5.48. The van der Waals surface area contributed by atoms with Crippen molar-refractivity contribution in [2.45, 2.75) is 17.1 Å². The molecule has 0 saturated carbocycles. The largest absolute Gasteiger partial charge is 0.478 e. The van der Waals surface area contributed by atoms with Crippen LogP contribution in [-0.2, 0) is 4.79 Å². The van der Waals surface area contributed by atoms with Crippen LogP contribution < -0.4 is 10.6 Å². The first kappa shape index (κ1) is 26.0. The monoisotopic (exact) mass is 530 g/mol. The molecule has 6 nitrogen and oxygen atoms in total. The second kappa shape index (κ2) is 11.8. The molecule has 0 saturated heterocycles. The molecule has 4 rings (SSSR count). The maximum Gasteiger partial charge on any atom is 0.337 e. The molecule has 0 bridgehead atoms. The van der Waals surface area contributed by atoms with Crippen molar-refractivity contribution in [1.29, 1.82) is 0 Å². The fraction of sp³-hybridized carbons (Fsp3) is 0.0690. The molecule has 0 spiro atoms. The van der Waals surface area contributed by atoms with Crippen LogP contribution in [0, 0.1) is 6.92 Å². The van der Waals surface area contributed by atoms with E-state index in [9.17, 15) is 19.5 Å². The molecule has 0 aliphatic rings. The molecule has 0 radical (unpaired) electrons. The zero-order valence-electron chi connectivity index (χ0n) is 19.8. The second-order valence-corrected chi connectivity index (χ2v) is 9.83. The molecule has 186 valence electrons. The summed E-state index contributed by atoms with van der Waals surface area (Å²) < 4.78 is 0. The van der Waals surface area contributed by atoms with Crippen molar-refractivity contribution in [3.8, 4) is 0 Å². The van der Waals surface area contributed by atoms with Gasteiger partial charge in [-0.15, -0.1) is 11.8 Å². The minimum Gasteiger partial charge on any atom is -0.478 e. The number of rotatable bonds is 8. The maximum atomic E-state index is 13.3. The number of aryl methyl sites for hydroxylation is 1. The standard InChI is InChI=1S/C29H23ClN2O4S/c1-18-7-9-20(10-8-18)27(33)31-21-11-14-23(15-12-21)37-26(19-5-3-2-4-6-19)28(34)32-22-13-16-25(30)24(17-22)29(35)36/h2-17,26H,1H3,(H,31,33)(H,32,34)(H,35,36). The number of hydrogen-bond acceptors (Lipinski definition) is 4. The highest BCUT2D eigenvalue weighted by Crippen LogP contribution is 2.37. The first-order valence-corrected chi connectivity index (χ1v) is 12.6. The Morgan fingerprint density at radius 2 is 1.46 bits per heavy atom. The van der Waals surface area contributed by atoms with Gasteiger partial charge in [0.2, 0.25) is 5.91 Å². The number of hydrogen-bond donors (Lipinski definition) is 3. The van der Waals surface area contributed by atoms with Crippen LogP contribution >= 0.6 is 23.4 Å². The van der Waals surface area contributed by atoms with Gasteiger partial charge in [-0.1, -0.05) is 59.6 Å². The van der Waals surface area contributed by atoms with Crippen LogP contribution in [0.1, 0.15) is 37.1 Å². The molecular formula is C29H23ClN2O4S. The number of carboxylic acid groups (broad SMARTS) is 1. The van der Waals surface area contributed by atoms with Crippen LogP contribution in [0.3, 0.4) is 0 Å². The van der Waals surface area contributed by atoms with E-state index < -0.39 is 11.2 Å². The highest BCUT2D eigenvalue weighted by atomic mass is 35.5. The molecule has 0 fully saturated rings. The Kier molecular flexibility index (Phi) is 8.28. The van der Waals surface area contributed by atoms with Crippen LogP contribution in [0.2, 0.25) is 5.02 Å². The molecular weight excluding hydrogens is 508 g/mol. The summed E-state index contributed by atoms with van der Waals surface area (Å²) >= 11 is 7.30. The summed E-state index contributed by atoms with van der Waals surface area (Å²) in [5, 5.41) is 14.5. The number of carboxylic acids is 1. The van der Waals surface area contributed by atoms with Gasteiger partial charge in [0.15, 0.2) is 0 Å². The van der Waals surface area contributed by atoms with Gasteiger partial charge in [0.25, 0.3) is 5.91 Å². The van der Waals surface area contributed by atoms with E-state index in [1.165, 1.54) is 23.9 Å².